The normalized spacial score (nSPS) is 22.6. The molecule has 6 nitrogen and oxygen atoms in total. The van der Waals surface area contributed by atoms with Crippen LogP contribution in [0.1, 0.15) is 37.9 Å². The van der Waals surface area contributed by atoms with E-state index >= 15 is 0 Å². The van der Waals surface area contributed by atoms with Crippen LogP contribution in [0, 0.1) is 18.8 Å². The van der Waals surface area contributed by atoms with Crippen molar-refractivity contribution in [2.75, 3.05) is 13.1 Å². The number of hydrogen-bond donors (Lipinski definition) is 1. The first-order valence-corrected chi connectivity index (χ1v) is 10.4. The van der Waals surface area contributed by atoms with Gasteiger partial charge in [0.25, 0.3) is 0 Å². The van der Waals surface area contributed by atoms with E-state index in [1.54, 1.807) is 12.3 Å². The number of amides is 1. The molecule has 1 aromatic heterocycles. The molecule has 2 atom stereocenters. The second-order valence-electron chi connectivity index (χ2n) is 7.40. The maximum atomic E-state index is 12.6. The lowest BCUT2D eigenvalue weighted by Crippen LogP contribution is -2.34. The quantitative estimate of drug-likeness (QED) is 0.700. The Balaban J connectivity index is 0.00000117. The molecular formula is C22H28ClN3O3. The van der Waals surface area contributed by atoms with Crippen LogP contribution in [0.4, 0.5) is 4.79 Å². The standard InChI is InChI=1S/C20H22ClN3O3.C2H6/c1-12-4-3-5-18(19(12)21)27-16-8-14-10-23(11-15(14)9-16)20(26)24-7-6-17(22-24)13(2)25;1-2/h3-7,14-16,25H,2,8-11H2,1H3;1-2H3. The van der Waals surface area contributed by atoms with Gasteiger partial charge >= 0.3 is 6.03 Å². The van der Waals surface area contributed by atoms with Crippen molar-refractivity contribution in [3.05, 3.63) is 53.3 Å². The van der Waals surface area contributed by atoms with Gasteiger partial charge in [-0.3, -0.25) is 0 Å². The van der Waals surface area contributed by atoms with E-state index in [1.165, 1.54) is 4.68 Å². The van der Waals surface area contributed by atoms with Crippen LogP contribution in [0.5, 0.6) is 5.75 Å². The van der Waals surface area contributed by atoms with Crippen molar-refractivity contribution in [1.82, 2.24) is 14.7 Å². The third-order valence-corrected chi connectivity index (χ3v) is 5.99. The maximum Gasteiger partial charge on any atom is 0.344 e. The highest BCUT2D eigenvalue weighted by atomic mass is 35.5. The van der Waals surface area contributed by atoms with E-state index in [4.69, 9.17) is 16.3 Å². The number of carbonyl (C=O) groups excluding carboxylic acids is 1. The largest absolute Gasteiger partial charge is 0.506 e. The summed E-state index contributed by atoms with van der Waals surface area (Å²) in [6.45, 7) is 10.8. The van der Waals surface area contributed by atoms with E-state index in [1.807, 2.05) is 43.9 Å². The van der Waals surface area contributed by atoms with Crippen LogP contribution in [0.25, 0.3) is 5.76 Å². The van der Waals surface area contributed by atoms with Gasteiger partial charge in [-0.05, 0) is 49.3 Å². The summed E-state index contributed by atoms with van der Waals surface area (Å²) >= 11 is 6.34. The number of aromatic nitrogens is 2. The van der Waals surface area contributed by atoms with Gasteiger partial charge in [-0.2, -0.15) is 9.78 Å². The van der Waals surface area contributed by atoms with Gasteiger partial charge in [0, 0.05) is 19.3 Å². The number of aryl methyl sites for hydroxylation is 1. The highest BCUT2D eigenvalue weighted by Crippen LogP contribution is 2.41. The lowest BCUT2D eigenvalue weighted by Gasteiger charge is -2.20. The predicted octanol–water partition coefficient (Wildman–Crippen LogP) is 5.16. The molecule has 1 aliphatic heterocycles. The van der Waals surface area contributed by atoms with E-state index in [0.717, 1.165) is 24.2 Å². The van der Waals surface area contributed by atoms with Gasteiger partial charge in [0.1, 0.15) is 17.2 Å². The molecule has 0 spiro atoms. The maximum absolute atomic E-state index is 12.6. The highest BCUT2D eigenvalue weighted by Gasteiger charge is 2.43. The van der Waals surface area contributed by atoms with Crippen molar-refractivity contribution in [3.8, 4) is 5.75 Å². The molecule has 1 saturated carbocycles. The average Bonchev–Trinajstić information content (AvgIpc) is 3.41. The number of halogens is 1. The first kappa shape index (κ1) is 21.2. The van der Waals surface area contributed by atoms with Gasteiger partial charge in [-0.15, -0.1) is 0 Å². The Bertz CT molecular complexity index is 881. The van der Waals surface area contributed by atoms with Gasteiger partial charge in [-0.1, -0.05) is 44.2 Å². The topological polar surface area (TPSA) is 67.6 Å². The van der Waals surface area contributed by atoms with Crippen LogP contribution in [0.3, 0.4) is 0 Å². The number of aliphatic hydroxyl groups is 1. The van der Waals surface area contributed by atoms with Crippen molar-refractivity contribution in [1.29, 1.82) is 0 Å². The molecule has 2 fully saturated rings. The molecule has 4 rings (SSSR count). The summed E-state index contributed by atoms with van der Waals surface area (Å²) in [7, 11) is 0. The van der Waals surface area contributed by atoms with Gasteiger partial charge in [0.2, 0.25) is 0 Å². The number of likely N-dealkylation sites (tertiary alicyclic amines) is 1. The van der Waals surface area contributed by atoms with E-state index < -0.39 is 0 Å². The number of rotatable bonds is 3. The predicted molar refractivity (Wildman–Crippen MR) is 114 cm³/mol. The molecule has 29 heavy (non-hydrogen) atoms. The summed E-state index contributed by atoms with van der Waals surface area (Å²) in [6.07, 6.45) is 3.51. The monoisotopic (exact) mass is 417 g/mol. The van der Waals surface area contributed by atoms with Gasteiger partial charge in [-0.25, -0.2) is 4.79 Å². The van der Waals surface area contributed by atoms with Crippen LogP contribution in [-0.4, -0.2) is 45.0 Å². The SMILES string of the molecule is C=C(O)c1ccn(C(=O)N2CC3CC(Oc4cccc(C)c4Cl)CC3C2)n1.CC. The van der Waals surface area contributed by atoms with Crippen LogP contribution in [0.2, 0.25) is 5.02 Å². The molecule has 2 heterocycles. The minimum Gasteiger partial charge on any atom is -0.506 e. The molecule has 1 amide bonds. The minimum atomic E-state index is -0.170. The smallest absolute Gasteiger partial charge is 0.344 e. The minimum absolute atomic E-state index is 0.130. The highest BCUT2D eigenvalue weighted by molar-refractivity contribution is 6.32. The number of ether oxygens (including phenoxy) is 1. The van der Waals surface area contributed by atoms with Gasteiger partial charge in [0.05, 0.1) is 11.1 Å². The summed E-state index contributed by atoms with van der Waals surface area (Å²) in [5, 5.41) is 14.1. The molecule has 1 aromatic carbocycles. The van der Waals surface area contributed by atoms with Crippen molar-refractivity contribution in [2.45, 2.75) is 39.7 Å². The summed E-state index contributed by atoms with van der Waals surface area (Å²) in [6, 6.07) is 7.23. The van der Waals surface area contributed by atoms with Crippen LogP contribution < -0.4 is 4.74 Å². The van der Waals surface area contributed by atoms with Crippen LogP contribution >= 0.6 is 11.6 Å². The number of aliphatic hydroxyl groups excluding tert-OH is 1. The summed E-state index contributed by atoms with van der Waals surface area (Å²) in [4.78, 5) is 14.5. The molecule has 2 unspecified atom stereocenters. The Kier molecular flexibility index (Phi) is 6.52. The lowest BCUT2D eigenvalue weighted by atomic mass is 10.0. The summed E-state index contributed by atoms with van der Waals surface area (Å²) in [5.41, 5.74) is 1.32. The second kappa shape index (κ2) is 8.91. The number of hydrogen-bond acceptors (Lipinski definition) is 4. The molecule has 2 aromatic rings. The molecule has 1 saturated heterocycles. The lowest BCUT2D eigenvalue weighted by molar-refractivity contribution is 0.179. The third-order valence-electron chi connectivity index (χ3n) is 5.51. The molecule has 156 valence electrons. The first-order valence-electron chi connectivity index (χ1n) is 10.1. The number of benzene rings is 1. The molecule has 2 aliphatic rings. The average molecular weight is 418 g/mol. The van der Waals surface area contributed by atoms with Crippen molar-refractivity contribution < 1.29 is 14.6 Å². The fraction of sp³-hybridized carbons (Fsp3) is 0.455. The third kappa shape index (κ3) is 4.42. The summed E-state index contributed by atoms with van der Waals surface area (Å²) in [5.74, 6) is 1.44. The Labute approximate surface area is 176 Å². The Hall–Kier alpha value is -2.47. The Morgan fingerprint density at radius 1 is 1.24 bits per heavy atom. The van der Waals surface area contributed by atoms with Gasteiger partial charge < -0.3 is 14.7 Å². The van der Waals surface area contributed by atoms with Crippen molar-refractivity contribution in [2.24, 2.45) is 11.8 Å². The zero-order valence-electron chi connectivity index (χ0n) is 17.1. The fourth-order valence-electron chi connectivity index (χ4n) is 4.12. The van der Waals surface area contributed by atoms with Crippen LogP contribution in [-0.2, 0) is 0 Å². The number of carbonyl (C=O) groups is 1. The van der Waals surface area contributed by atoms with Crippen LogP contribution in [0.15, 0.2) is 37.0 Å². The summed E-state index contributed by atoms with van der Waals surface area (Å²) < 4.78 is 7.41. The molecular weight excluding hydrogens is 390 g/mol. The van der Waals surface area contributed by atoms with E-state index in [2.05, 4.69) is 11.7 Å². The van der Waals surface area contributed by atoms with Crippen molar-refractivity contribution >= 4 is 23.4 Å². The molecule has 7 heteroatoms. The second-order valence-corrected chi connectivity index (χ2v) is 7.78. The van der Waals surface area contributed by atoms with Gasteiger partial charge in [0.15, 0.2) is 0 Å². The van der Waals surface area contributed by atoms with E-state index in [9.17, 15) is 9.90 Å². The molecule has 0 radical (unpaired) electrons. The Morgan fingerprint density at radius 2 is 1.90 bits per heavy atom. The first-order chi connectivity index (χ1) is 13.9. The van der Waals surface area contributed by atoms with E-state index in [-0.39, 0.29) is 17.9 Å². The zero-order valence-corrected chi connectivity index (χ0v) is 17.9. The molecule has 1 N–H and O–H groups in total. The Morgan fingerprint density at radius 3 is 2.48 bits per heavy atom. The fourth-order valence-corrected chi connectivity index (χ4v) is 4.29. The zero-order chi connectivity index (χ0) is 21.1. The molecule has 0 bridgehead atoms. The number of fused-ring (bicyclic) bond motifs is 1. The number of nitrogens with zero attached hydrogens (tertiary/aromatic N) is 3. The molecule has 1 aliphatic carbocycles. The van der Waals surface area contributed by atoms with Crippen molar-refractivity contribution in [3.63, 3.8) is 0 Å². The van der Waals surface area contributed by atoms with E-state index in [0.29, 0.717) is 35.6 Å².